The Bertz CT molecular complexity index is 477. The van der Waals surface area contributed by atoms with Gasteiger partial charge in [-0.1, -0.05) is 11.6 Å². The SMILES string of the molecule is CC1=C[C@H]2[C@@H](C1)C[C@@]2(CNC(=O)OC(C)(C)C)CC(=O)O. The number of carbonyl (C=O) groups is 2. The minimum absolute atomic E-state index is 0.0910. The maximum Gasteiger partial charge on any atom is 0.407 e. The average molecular weight is 295 g/mol. The van der Waals surface area contributed by atoms with Gasteiger partial charge in [-0.05, 0) is 52.4 Å². The van der Waals surface area contributed by atoms with Gasteiger partial charge in [-0.25, -0.2) is 4.79 Å². The van der Waals surface area contributed by atoms with E-state index < -0.39 is 17.7 Å². The number of ether oxygens (including phenoxy) is 1. The molecule has 0 aromatic heterocycles. The molecule has 0 aromatic carbocycles. The van der Waals surface area contributed by atoms with Crippen LogP contribution in [0.25, 0.3) is 0 Å². The van der Waals surface area contributed by atoms with Gasteiger partial charge in [0, 0.05) is 12.0 Å². The van der Waals surface area contributed by atoms with E-state index in [2.05, 4.69) is 18.3 Å². The molecule has 1 saturated carbocycles. The van der Waals surface area contributed by atoms with Crippen molar-refractivity contribution in [2.45, 2.75) is 52.6 Å². The van der Waals surface area contributed by atoms with Crippen molar-refractivity contribution in [1.29, 1.82) is 0 Å². The van der Waals surface area contributed by atoms with Crippen molar-refractivity contribution in [1.82, 2.24) is 5.32 Å². The molecule has 2 aliphatic carbocycles. The Hall–Kier alpha value is -1.52. The summed E-state index contributed by atoms with van der Waals surface area (Å²) in [6.07, 6.45) is 3.71. The second-order valence-corrected chi connectivity index (χ2v) is 7.50. The zero-order valence-corrected chi connectivity index (χ0v) is 13.2. The number of rotatable bonds is 4. The summed E-state index contributed by atoms with van der Waals surface area (Å²) in [5.41, 5.74) is 0.427. The van der Waals surface area contributed by atoms with E-state index in [1.165, 1.54) is 5.57 Å². The van der Waals surface area contributed by atoms with E-state index in [1.807, 2.05) is 20.8 Å². The Morgan fingerprint density at radius 2 is 2.14 bits per heavy atom. The fraction of sp³-hybridized carbons (Fsp3) is 0.750. The first-order valence-corrected chi connectivity index (χ1v) is 7.47. The first-order chi connectivity index (χ1) is 9.61. The Morgan fingerprint density at radius 1 is 1.48 bits per heavy atom. The standard InChI is InChI=1S/C16H25NO4/c1-10-5-11-7-16(8-13(18)19,12(11)6-10)9-17-14(20)21-15(2,3)4/h6,11-12H,5,7-9H2,1-4H3,(H,17,20)(H,18,19)/t11-,12-,16-/m0/s1. The fourth-order valence-electron chi connectivity index (χ4n) is 3.73. The third-order valence-electron chi connectivity index (χ3n) is 4.42. The summed E-state index contributed by atoms with van der Waals surface area (Å²) in [7, 11) is 0. The first kappa shape index (κ1) is 15.9. The van der Waals surface area contributed by atoms with Crippen LogP contribution in [0.15, 0.2) is 11.6 Å². The summed E-state index contributed by atoms with van der Waals surface area (Å²) < 4.78 is 5.23. The van der Waals surface area contributed by atoms with Crippen molar-refractivity contribution in [3.05, 3.63) is 11.6 Å². The number of carboxylic acid groups (broad SMARTS) is 1. The van der Waals surface area contributed by atoms with Crippen LogP contribution in [0.2, 0.25) is 0 Å². The van der Waals surface area contributed by atoms with Gasteiger partial charge in [0.05, 0.1) is 6.42 Å². The van der Waals surface area contributed by atoms with Crippen LogP contribution in [0, 0.1) is 17.3 Å². The predicted molar refractivity (Wildman–Crippen MR) is 78.9 cm³/mol. The smallest absolute Gasteiger partial charge is 0.407 e. The molecule has 0 aromatic rings. The second-order valence-electron chi connectivity index (χ2n) is 7.50. The Balaban J connectivity index is 1.99. The maximum atomic E-state index is 11.8. The molecule has 0 aliphatic heterocycles. The number of allylic oxidation sites excluding steroid dienone is 2. The van der Waals surface area contributed by atoms with Crippen molar-refractivity contribution in [3.63, 3.8) is 0 Å². The molecule has 0 radical (unpaired) electrons. The topological polar surface area (TPSA) is 75.6 Å². The van der Waals surface area contributed by atoms with Gasteiger partial charge in [-0.3, -0.25) is 4.79 Å². The molecule has 118 valence electrons. The molecular weight excluding hydrogens is 270 g/mol. The molecule has 21 heavy (non-hydrogen) atoms. The Kier molecular flexibility index (Phi) is 4.04. The lowest BCUT2D eigenvalue weighted by molar-refractivity contribution is -0.144. The lowest BCUT2D eigenvalue weighted by Crippen LogP contribution is -2.53. The quantitative estimate of drug-likeness (QED) is 0.782. The lowest BCUT2D eigenvalue weighted by atomic mass is 9.53. The van der Waals surface area contributed by atoms with Crippen LogP contribution in [0.1, 0.15) is 47.0 Å². The molecule has 2 aliphatic rings. The Labute approximate surface area is 125 Å². The number of amides is 1. The van der Waals surface area contributed by atoms with E-state index in [0.29, 0.717) is 12.5 Å². The molecule has 0 saturated heterocycles. The van der Waals surface area contributed by atoms with Crippen LogP contribution in [0.5, 0.6) is 0 Å². The normalized spacial score (nSPS) is 31.0. The number of hydrogen-bond donors (Lipinski definition) is 2. The highest BCUT2D eigenvalue weighted by atomic mass is 16.6. The molecule has 0 bridgehead atoms. The molecule has 0 unspecified atom stereocenters. The van der Waals surface area contributed by atoms with Crippen molar-refractivity contribution in [2.75, 3.05) is 6.54 Å². The number of hydrogen-bond acceptors (Lipinski definition) is 3. The van der Waals surface area contributed by atoms with Gasteiger partial charge in [-0.15, -0.1) is 0 Å². The van der Waals surface area contributed by atoms with Gasteiger partial charge in [0.2, 0.25) is 0 Å². The average Bonchev–Trinajstić information content (AvgIpc) is 2.59. The molecule has 0 spiro atoms. The second kappa shape index (κ2) is 5.35. The molecule has 5 heteroatoms. The summed E-state index contributed by atoms with van der Waals surface area (Å²) in [6, 6.07) is 0. The van der Waals surface area contributed by atoms with Crippen molar-refractivity contribution >= 4 is 12.1 Å². The molecule has 1 amide bonds. The zero-order valence-electron chi connectivity index (χ0n) is 13.2. The highest BCUT2D eigenvalue weighted by Crippen LogP contribution is 2.59. The molecule has 5 nitrogen and oxygen atoms in total. The van der Waals surface area contributed by atoms with Crippen LogP contribution in [0.4, 0.5) is 4.79 Å². The third kappa shape index (κ3) is 3.57. The summed E-state index contributed by atoms with van der Waals surface area (Å²) in [5.74, 6) is 0.00529. The molecular formula is C16H25NO4. The minimum atomic E-state index is -0.808. The highest BCUT2D eigenvalue weighted by molar-refractivity contribution is 5.70. The lowest BCUT2D eigenvalue weighted by Gasteiger charge is -2.51. The van der Waals surface area contributed by atoms with E-state index in [4.69, 9.17) is 4.74 Å². The fourth-order valence-corrected chi connectivity index (χ4v) is 3.73. The van der Waals surface area contributed by atoms with E-state index in [9.17, 15) is 14.7 Å². The predicted octanol–water partition coefficient (Wildman–Crippen LogP) is 2.96. The summed E-state index contributed by atoms with van der Waals surface area (Å²) in [6.45, 7) is 7.87. The van der Waals surface area contributed by atoms with Crippen molar-refractivity contribution < 1.29 is 19.4 Å². The number of fused-ring (bicyclic) bond motifs is 1. The van der Waals surface area contributed by atoms with Gasteiger partial charge in [0.15, 0.2) is 0 Å². The molecule has 2 N–H and O–H groups in total. The number of nitrogens with one attached hydrogen (secondary N) is 1. The van der Waals surface area contributed by atoms with Crippen LogP contribution < -0.4 is 5.32 Å². The largest absolute Gasteiger partial charge is 0.481 e. The summed E-state index contributed by atoms with van der Waals surface area (Å²) in [4.78, 5) is 23.0. The first-order valence-electron chi connectivity index (χ1n) is 7.47. The van der Waals surface area contributed by atoms with E-state index in [0.717, 1.165) is 12.8 Å². The van der Waals surface area contributed by atoms with E-state index in [1.54, 1.807) is 0 Å². The minimum Gasteiger partial charge on any atom is -0.481 e. The van der Waals surface area contributed by atoms with Gasteiger partial charge in [0.25, 0.3) is 0 Å². The van der Waals surface area contributed by atoms with E-state index in [-0.39, 0.29) is 17.8 Å². The molecule has 2 rings (SSSR count). The highest BCUT2D eigenvalue weighted by Gasteiger charge is 2.55. The number of carbonyl (C=O) groups excluding carboxylic acids is 1. The third-order valence-corrected chi connectivity index (χ3v) is 4.42. The van der Waals surface area contributed by atoms with Gasteiger partial charge < -0.3 is 15.2 Å². The van der Waals surface area contributed by atoms with Crippen LogP contribution in [-0.2, 0) is 9.53 Å². The van der Waals surface area contributed by atoms with Gasteiger partial charge in [-0.2, -0.15) is 0 Å². The number of carboxylic acids is 1. The zero-order chi connectivity index (χ0) is 15.8. The van der Waals surface area contributed by atoms with E-state index >= 15 is 0 Å². The van der Waals surface area contributed by atoms with Crippen molar-refractivity contribution in [2.24, 2.45) is 17.3 Å². The molecule has 0 heterocycles. The summed E-state index contributed by atoms with van der Waals surface area (Å²) >= 11 is 0. The molecule has 1 fully saturated rings. The van der Waals surface area contributed by atoms with Crippen molar-refractivity contribution in [3.8, 4) is 0 Å². The Morgan fingerprint density at radius 3 is 2.67 bits per heavy atom. The van der Waals surface area contributed by atoms with Gasteiger partial charge in [0.1, 0.15) is 5.60 Å². The number of alkyl carbamates (subject to hydrolysis) is 1. The monoisotopic (exact) mass is 295 g/mol. The summed E-state index contributed by atoms with van der Waals surface area (Å²) in [5, 5.41) is 11.9. The molecule has 3 atom stereocenters. The van der Waals surface area contributed by atoms with Crippen LogP contribution in [0.3, 0.4) is 0 Å². The van der Waals surface area contributed by atoms with Crippen LogP contribution >= 0.6 is 0 Å². The number of aliphatic carboxylic acids is 1. The van der Waals surface area contributed by atoms with Gasteiger partial charge >= 0.3 is 12.1 Å². The van der Waals surface area contributed by atoms with Crippen LogP contribution in [-0.4, -0.2) is 29.3 Å². The maximum absolute atomic E-state index is 11.8.